The van der Waals surface area contributed by atoms with Crippen molar-refractivity contribution in [3.05, 3.63) is 24.3 Å². The Labute approximate surface area is 127 Å². The van der Waals surface area contributed by atoms with Crippen LogP contribution >= 0.6 is 0 Å². The van der Waals surface area contributed by atoms with Crippen LogP contribution in [0.15, 0.2) is 24.3 Å². The van der Waals surface area contributed by atoms with Gasteiger partial charge in [0, 0.05) is 18.3 Å². The molecular formula is C14H20N2O6. The van der Waals surface area contributed by atoms with E-state index in [9.17, 15) is 20.1 Å². The van der Waals surface area contributed by atoms with E-state index in [4.69, 9.17) is 9.84 Å². The van der Waals surface area contributed by atoms with Gasteiger partial charge in [0.15, 0.2) is 6.23 Å². The average molecular weight is 312 g/mol. The molecule has 1 aliphatic rings. The number of amides is 1. The fourth-order valence-corrected chi connectivity index (χ4v) is 2.24. The fourth-order valence-electron chi connectivity index (χ4n) is 2.24. The van der Waals surface area contributed by atoms with Crippen LogP contribution in [0.3, 0.4) is 0 Å². The first-order valence-corrected chi connectivity index (χ1v) is 6.87. The van der Waals surface area contributed by atoms with Crippen molar-refractivity contribution in [3.8, 4) is 0 Å². The molecule has 6 N–H and O–H groups in total. The molecule has 122 valence electrons. The number of hydrogen-bond acceptors (Lipinski definition) is 7. The number of hydrogen-bond donors (Lipinski definition) is 6. The lowest BCUT2D eigenvalue weighted by Gasteiger charge is -2.40. The lowest BCUT2D eigenvalue weighted by Crippen LogP contribution is -2.60. The summed E-state index contributed by atoms with van der Waals surface area (Å²) in [6, 6.07) is 6.64. The summed E-state index contributed by atoms with van der Waals surface area (Å²) < 4.78 is 5.34. The summed E-state index contributed by atoms with van der Waals surface area (Å²) in [5.74, 6) is -0.186. The minimum Gasteiger partial charge on any atom is -0.394 e. The predicted octanol–water partition coefficient (Wildman–Crippen LogP) is -1.14. The second-order valence-electron chi connectivity index (χ2n) is 5.15. The van der Waals surface area contributed by atoms with Crippen molar-refractivity contribution in [2.24, 2.45) is 0 Å². The van der Waals surface area contributed by atoms with Gasteiger partial charge in [-0.15, -0.1) is 0 Å². The Hall–Kier alpha value is -1.71. The highest BCUT2D eigenvalue weighted by atomic mass is 16.6. The third-order valence-electron chi connectivity index (χ3n) is 3.41. The number of anilines is 2. The predicted molar refractivity (Wildman–Crippen MR) is 78.1 cm³/mol. The summed E-state index contributed by atoms with van der Waals surface area (Å²) in [4.78, 5) is 10.9. The molecule has 0 radical (unpaired) electrons. The zero-order valence-electron chi connectivity index (χ0n) is 12.0. The summed E-state index contributed by atoms with van der Waals surface area (Å²) in [5.41, 5.74) is 1.20. The SMILES string of the molecule is CC(=O)Nc1ccc(N[C@@H]2O[C@@H](CO)[C@H](O)[C@H](O)[C@H]2O)cc1. The lowest BCUT2D eigenvalue weighted by atomic mass is 9.98. The maximum Gasteiger partial charge on any atom is 0.221 e. The Balaban J connectivity index is 2.04. The van der Waals surface area contributed by atoms with Gasteiger partial charge in [0.1, 0.15) is 24.4 Å². The van der Waals surface area contributed by atoms with Crippen molar-refractivity contribution in [2.75, 3.05) is 17.2 Å². The van der Waals surface area contributed by atoms with Crippen LogP contribution in [0.1, 0.15) is 6.92 Å². The van der Waals surface area contributed by atoms with E-state index >= 15 is 0 Å². The molecule has 22 heavy (non-hydrogen) atoms. The molecule has 1 fully saturated rings. The van der Waals surface area contributed by atoms with Gasteiger partial charge in [0.05, 0.1) is 6.61 Å². The first-order valence-electron chi connectivity index (χ1n) is 6.87. The summed E-state index contributed by atoms with van der Waals surface area (Å²) in [6.07, 6.45) is -6.12. The summed E-state index contributed by atoms with van der Waals surface area (Å²) in [6.45, 7) is 0.921. The van der Waals surface area contributed by atoms with Gasteiger partial charge in [-0.25, -0.2) is 0 Å². The minimum atomic E-state index is -1.43. The van der Waals surface area contributed by atoms with E-state index in [1.807, 2.05) is 0 Å². The Kier molecular flexibility index (Phi) is 5.33. The van der Waals surface area contributed by atoms with Crippen LogP contribution in [0.5, 0.6) is 0 Å². The Bertz CT molecular complexity index is 507. The molecule has 5 atom stereocenters. The number of aliphatic hydroxyl groups excluding tert-OH is 4. The maximum atomic E-state index is 10.9. The van der Waals surface area contributed by atoms with E-state index in [1.54, 1.807) is 24.3 Å². The molecule has 1 aromatic rings. The molecule has 0 bridgehead atoms. The number of ether oxygens (including phenoxy) is 1. The molecule has 1 saturated heterocycles. The van der Waals surface area contributed by atoms with Gasteiger partial charge in [-0.1, -0.05) is 0 Å². The van der Waals surface area contributed by atoms with Crippen molar-refractivity contribution >= 4 is 17.3 Å². The number of benzene rings is 1. The van der Waals surface area contributed by atoms with E-state index in [-0.39, 0.29) is 5.91 Å². The Morgan fingerprint density at radius 3 is 2.23 bits per heavy atom. The molecule has 1 amide bonds. The van der Waals surface area contributed by atoms with Gasteiger partial charge < -0.3 is 35.8 Å². The van der Waals surface area contributed by atoms with Crippen LogP contribution in [0, 0.1) is 0 Å². The quantitative estimate of drug-likeness (QED) is 0.414. The topological polar surface area (TPSA) is 131 Å². The van der Waals surface area contributed by atoms with Gasteiger partial charge in [-0.3, -0.25) is 4.79 Å². The van der Waals surface area contributed by atoms with Crippen LogP contribution in [0.25, 0.3) is 0 Å². The van der Waals surface area contributed by atoms with Gasteiger partial charge >= 0.3 is 0 Å². The van der Waals surface area contributed by atoms with Crippen molar-refractivity contribution in [1.29, 1.82) is 0 Å². The first-order chi connectivity index (χ1) is 10.4. The van der Waals surface area contributed by atoms with Crippen LogP contribution in [-0.4, -0.2) is 63.6 Å². The van der Waals surface area contributed by atoms with Gasteiger partial charge in [0.25, 0.3) is 0 Å². The van der Waals surface area contributed by atoms with Gasteiger partial charge in [0.2, 0.25) is 5.91 Å². The van der Waals surface area contributed by atoms with E-state index in [1.165, 1.54) is 6.92 Å². The van der Waals surface area contributed by atoms with E-state index in [0.29, 0.717) is 11.4 Å². The Morgan fingerprint density at radius 2 is 1.68 bits per heavy atom. The van der Waals surface area contributed by atoms with Gasteiger partial charge in [-0.05, 0) is 24.3 Å². The fraction of sp³-hybridized carbons (Fsp3) is 0.500. The van der Waals surface area contributed by atoms with Crippen molar-refractivity contribution < 1.29 is 30.0 Å². The highest BCUT2D eigenvalue weighted by Gasteiger charge is 2.43. The van der Waals surface area contributed by atoms with Crippen LogP contribution in [-0.2, 0) is 9.53 Å². The molecular weight excluding hydrogens is 292 g/mol. The Morgan fingerprint density at radius 1 is 1.09 bits per heavy atom. The molecule has 0 unspecified atom stereocenters. The average Bonchev–Trinajstić information content (AvgIpc) is 2.49. The lowest BCUT2D eigenvalue weighted by molar-refractivity contribution is -0.221. The standard InChI is InChI=1S/C14H20N2O6/c1-7(18)15-8-2-4-9(5-3-8)16-14-13(21)12(20)11(19)10(6-17)22-14/h2-5,10-14,16-17,19-21H,6H2,1H3,(H,15,18)/t10-,11-,12-,13+,14+/m0/s1. The molecule has 1 heterocycles. The molecule has 1 aliphatic heterocycles. The van der Waals surface area contributed by atoms with Crippen LogP contribution in [0.4, 0.5) is 11.4 Å². The molecule has 0 saturated carbocycles. The summed E-state index contributed by atoms with van der Waals surface area (Å²) in [7, 11) is 0. The molecule has 2 rings (SSSR count). The number of aliphatic hydroxyl groups is 4. The largest absolute Gasteiger partial charge is 0.394 e. The number of carbonyl (C=O) groups is 1. The van der Waals surface area contributed by atoms with E-state index < -0.39 is 37.3 Å². The number of nitrogens with one attached hydrogen (secondary N) is 2. The van der Waals surface area contributed by atoms with Crippen LogP contribution in [0.2, 0.25) is 0 Å². The monoisotopic (exact) mass is 312 g/mol. The van der Waals surface area contributed by atoms with Crippen molar-refractivity contribution in [2.45, 2.75) is 37.6 Å². The minimum absolute atomic E-state index is 0.186. The second kappa shape index (κ2) is 7.03. The maximum absolute atomic E-state index is 10.9. The number of rotatable bonds is 4. The van der Waals surface area contributed by atoms with Crippen molar-refractivity contribution in [3.63, 3.8) is 0 Å². The summed E-state index contributed by atoms with van der Waals surface area (Å²) >= 11 is 0. The third kappa shape index (κ3) is 3.73. The molecule has 8 nitrogen and oxygen atoms in total. The molecule has 1 aromatic carbocycles. The van der Waals surface area contributed by atoms with Gasteiger partial charge in [-0.2, -0.15) is 0 Å². The normalized spacial score (nSPS) is 31.6. The molecule has 8 heteroatoms. The number of carbonyl (C=O) groups excluding carboxylic acids is 1. The highest BCUT2D eigenvalue weighted by molar-refractivity contribution is 5.88. The zero-order chi connectivity index (χ0) is 16.3. The van der Waals surface area contributed by atoms with E-state index in [2.05, 4.69) is 10.6 Å². The van der Waals surface area contributed by atoms with E-state index in [0.717, 1.165) is 0 Å². The third-order valence-corrected chi connectivity index (χ3v) is 3.41. The molecule has 0 spiro atoms. The zero-order valence-corrected chi connectivity index (χ0v) is 12.0. The molecule has 0 aliphatic carbocycles. The smallest absolute Gasteiger partial charge is 0.221 e. The van der Waals surface area contributed by atoms with Crippen molar-refractivity contribution in [1.82, 2.24) is 0 Å². The first kappa shape index (κ1) is 16.7. The van der Waals surface area contributed by atoms with Crippen LogP contribution < -0.4 is 10.6 Å². The molecule has 0 aromatic heterocycles. The second-order valence-corrected chi connectivity index (χ2v) is 5.15. The summed E-state index contributed by atoms with van der Waals surface area (Å²) in [5, 5.41) is 43.9. The highest BCUT2D eigenvalue weighted by Crippen LogP contribution is 2.23.